The fourth-order valence-corrected chi connectivity index (χ4v) is 2.48. The Morgan fingerprint density at radius 1 is 1.40 bits per heavy atom. The summed E-state index contributed by atoms with van der Waals surface area (Å²) in [6, 6.07) is 7.50. The molecule has 1 aromatic carbocycles. The van der Waals surface area contributed by atoms with Crippen molar-refractivity contribution in [1.82, 2.24) is 4.37 Å². The maximum Gasteiger partial charge on any atom is 0.227 e. The first-order valence-corrected chi connectivity index (χ1v) is 5.48. The van der Waals surface area contributed by atoms with Crippen LogP contribution in [0.3, 0.4) is 0 Å². The molecular formula is C11H7ClN2S. The summed E-state index contributed by atoms with van der Waals surface area (Å²) < 4.78 is 4.17. The molecule has 2 rings (SSSR count). The van der Waals surface area contributed by atoms with Crippen molar-refractivity contribution in [2.45, 2.75) is 6.92 Å². The molecule has 0 aliphatic heterocycles. The van der Waals surface area contributed by atoms with E-state index in [4.69, 9.17) is 18.2 Å². The van der Waals surface area contributed by atoms with Gasteiger partial charge in [-0.2, -0.15) is 0 Å². The minimum absolute atomic E-state index is 0.605. The molecule has 1 heterocycles. The van der Waals surface area contributed by atoms with E-state index in [0.29, 0.717) is 10.7 Å². The van der Waals surface area contributed by atoms with Gasteiger partial charge < -0.3 is 0 Å². The smallest absolute Gasteiger partial charge is 0.227 e. The van der Waals surface area contributed by atoms with E-state index in [-0.39, 0.29) is 0 Å². The van der Waals surface area contributed by atoms with Crippen molar-refractivity contribution in [3.8, 4) is 10.4 Å². The number of hydrogen-bond acceptors (Lipinski definition) is 2. The molecule has 0 radical (unpaired) electrons. The lowest BCUT2D eigenvalue weighted by atomic mass is 10.1. The van der Waals surface area contributed by atoms with Crippen LogP contribution in [-0.2, 0) is 0 Å². The maximum atomic E-state index is 7.11. The van der Waals surface area contributed by atoms with Crippen LogP contribution in [0.25, 0.3) is 15.3 Å². The topological polar surface area (TPSA) is 17.2 Å². The molecule has 0 bridgehead atoms. The summed E-state index contributed by atoms with van der Waals surface area (Å²) in [5.74, 6) is 0. The van der Waals surface area contributed by atoms with Gasteiger partial charge >= 0.3 is 0 Å². The maximum absolute atomic E-state index is 7.11. The van der Waals surface area contributed by atoms with E-state index in [1.54, 1.807) is 0 Å². The molecule has 0 saturated carbocycles. The summed E-state index contributed by atoms with van der Waals surface area (Å²) >= 11 is 7.39. The van der Waals surface area contributed by atoms with Gasteiger partial charge in [0.15, 0.2) is 0 Å². The molecule has 1 aromatic heterocycles. The van der Waals surface area contributed by atoms with Gasteiger partial charge in [-0.15, -0.1) is 0 Å². The second-order valence-corrected chi connectivity index (χ2v) is 4.22. The zero-order valence-electron chi connectivity index (χ0n) is 7.99. The Hall–Kier alpha value is -1.37. The Morgan fingerprint density at radius 2 is 2.13 bits per heavy atom. The van der Waals surface area contributed by atoms with Crippen LogP contribution in [0.4, 0.5) is 5.69 Å². The van der Waals surface area contributed by atoms with E-state index in [1.807, 2.05) is 31.2 Å². The van der Waals surface area contributed by atoms with Crippen LogP contribution in [0.15, 0.2) is 24.3 Å². The fraction of sp³-hybridized carbons (Fsp3) is 0.0909. The Morgan fingerprint density at radius 3 is 2.80 bits per heavy atom. The summed E-state index contributed by atoms with van der Waals surface area (Å²) in [5, 5.41) is 0.658. The lowest BCUT2D eigenvalue weighted by Gasteiger charge is -2.00. The minimum Gasteiger partial charge on any atom is -0.235 e. The van der Waals surface area contributed by atoms with Gasteiger partial charge in [-0.05, 0) is 24.5 Å². The normalized spacial score (nSPS) is 9.93. The predicted molar refractivity (Wildman–Crippen MR) is 63.6 cm³/mol. The Balaban J connectivity index is 2.66. The number of halogens is 1. The van der Waals surface area contributed by atoms with Crippen LogP contribution in [0.1, 0.15) is 5.69 Å². The molecule has 0 unspecified atom stereocenters. The third-order valence-electron chi connectivity index (χ3n) is 2.06. The molecule has 2 aromatic rings. The van der Waals surface area contributed by atoms with Crippen molar-refractivity contribution in [2.75, 3.05) is 0 Å². The number of benzene rings is 1. The minimum atomic E-state index is 0.605. The lowest BCUT2D eigenvalue weighted by molar-refractivity contribution is 1.36. The van der Waals surface area contributed by atoms with Crippen LogP contribution in [0.2, 0.25) is 5.02 Å². The molecule has 0 aliphatic rings. The summed E-state index contributed by atoms with van der Waals surface area (Å²) in [6.45, 7) is 8.95. The number of aryl methyl sites for hydroxylation is 1. The third kappa shape index (κ3) is 1.74. The lowest BCUT2D eigenvalue weighted by Crippen LogP contribution is -1.74. The first-order chi connectivity index (χ1) is 7.24. The van der Waals surface area contributed by atoms with Gasteiger partial charge in [-0.3, -0.25) is 0 Å². The van der Waals surface area contributed by atoms with Crippen molar-refractivity contribution in [3.63, 3.8) is 0 Å². The van der Waals surface area contributed by atoms with E-state index < -0.39 is 0 Å². The zero-order valence-corrected chi connectivity index (χ0v) is 9.56. The van der Waals surface area contributed by atoms with Crippen molar-refractivity contribution >= 4 is 28.8 Å². The van der Waals surface area contributed by atoms with Crippen molar-refractivity contribution in [2.24, 2.45) is 0 Å². The molecule has 0 aliphatic carbocycles. The summed E-state index contributed by atoms with van der Waals surface area (Å²) in [6.07, 6.45) is 0. The molecule has 0 atom stereocenters. The summed E-state index contributed by atoms with van der Waals surface area (Å²) in [7, 11) is 0. The van der Waals surface area contributed by atoms with Gasteiger partial charge in [-0.25, -0.2) is 9.22 Å². The van der Waals surface area contributed by atoms with E-state index in [2.05, 4.69) is 9.22 Å². The molecule has 0 fully saturated rings. The summed E-state index contributed by atoms with van der Waals surface area (Å²) in [5.41, 5.74) is 2.26. The zero-order chi connectivity index (χ0) is 10.8. The van der Waals surface area contributed by atoms with E-state index in [0.717, 1.165) is 16.1 Å². The van der Waals surface area contributed by atoms with Crippen LogP contribution in [-0.4, -0.2) is 4.37 Å². The molecular weight excluding hydrogens is 228 g/mol. The Kier molecular flexibility index (Phi) is 2.72. The summed E-state index contributed by atoms with van der Waals surface area (Å²) in [4.78, 5) is 4.34. The van der Waals surface area contributed by atoms with Gasteiger partial charge in [0, 0.05) is 10.6 Å². The predicted octanol–water partition coefficient (Wildman–Crippen LogP) is 4.32. The van der Waals surface area contributed by atoms with Crippen molar-refractivity contribution < 1.29 is 0 Å². The van der Waals surface area contributed by atoms with Gasteiger partial charge in [0.05, 0.1) is 17.1 Å². The molecule has 4 heteroatoms. The largest absolute Gasteiger partial charge is 0.235 e. The van der Waals surface area contributed by atoms with Crippen LogP contribution >= 0.6 is 23.1 Å². The van der Waals surface area contributed by atoms with E-state index in [9.17, 15) is 0 Å². The quantitative estimate of drug-likeness (QED) is 0.672. The van der Waals surface area contributed by atoms with Crippen LogP contribution in [0, 0.1) is 13.5 Å². The highest BCUT2D eigenvalue weighted by Crippen LogP contribution is 2.39. The standard InChI is InChI=1S/C11H7ClN2S/c1-7-10(13-2)11(15-14-7)8-5-3-4-6-9(8)12/h3-6H,1H3. The number of hydrogen-bond donors (Lipinski definition) is 0. The van der Waals surface area contributed by atoms with E-state index >= 15 is 0 Å². The number of aromatic nitrogens is 1. The highest BCUT2D eigenvalue weighted by atomic mass is 35.5. The highest BCUT2D eigenvalue weighted by molar-refractivity contribution is 7.10. The second kappa shape index (κ2) is 4.01. The first-order valence-electron chi connectivity index (χ1n) is 4.32. The molecule has 15 heavy (non-hydrogen) atoms. The monoisotopic (exact) mass is 234 g/mol. The second-order valence-electron chi connectivity index (χ2n) is 3.04. The molecule has 0 N–H and O–H groups in total. The molecule has 2 nitrogen and oxygen atoms in total. The Bertz CT molecular complexity index is 540. The van der Waals surface area contributed by atoms with Crippen molar-refractivity contribution in [3.05, 3.63) is 46.4 Å². The Labute approximate surface area is 97.1 Å². The average molecular weight is 235 g/mol. The van der Waals surface area contributed by atoms with Gasteiger partial charge in [-0.1, -0.05) is 29.8 Å². The molecule has 0 saturated heterocycles. The molecule has 0 amide bonds. The SMILES string of the molecule is [C-]#[N+]c1c(C)nsc1-c1ccccc1Cl. The number of rotatable bonds is 1. The fourth-order valence-electron chi connectivity index (χ4n) is 1.32. The van der Waals surface area contributed by atoms with Gasteiger partial charge in [0.25, 0.3) is 0 Å². The van der Waals surface area contributed by atoms with Crippen molar-refractivity contribution in [1.29, 1.82) is 0 Å². The van der Waals surface area contributed by atoms with Gasteiger partial charge in [0.2, 0.25) is 5.69 Å². The van der Waals surface area contributed by atoms with Crippen LogP contribution in [0.5, 0.6) is 0 Å². The van der Waals surface area contributed by atoms with E-state index in [1.165, 1.54) is 11.5 Å². The molecule has 74 valence electrons. The molecule has 0 spiro atoms. The van der Waals surface area contributed by atoms with Gasteiger partial charge in [0.1, 0.15) is 0 Å². The third-order valence-corrected chi connectivity index (χ3v) is 3.35. The average Bonchev–Trinajstić information content (AvgIpc) is 2.60. The van der Waals surface area contributed by atoms with Crippen LogP contribution < -0.4 is 0 Å². The highest BCUT2D eigenvalue weighted by Gasteiger charge is 2.14. The first kappa shape index (κ1) is 10.2. The number of nitrogens with zero attached hydrogens (tertiary/aromatic N) is 2.